The fourth-order valence-electron chi connectivity index (χ4n) is 5.41. The van der Waals surface area contributed by atoms with Crippen molar-refractivity contribution in [2.75, 3.05) is 6.54 Å². The number of pyridine rings is 1. The van der Waals surface area contributed by atoms with Crippen LogP contribution >= 0.6 is 11.3 Å². The maximum atomic E-state index is 15.2. The summed E-state index contributed by atoms with van der Waals surface area (Å²) in [6, 6.07) is 6.86. The molecule has 0 saturated heterocycles. The highest BCUT2D eigenvalue weighted by Crippen LogP contribution is 2.48. The molecule has 0 bridgehead atoms. The first-order valence-corrected chi connectivity index (χ1v) is 14.0. The zero-order chi connectivity index (χ0) is 26.2. The standard InChI is InChI=1S/C29H37FN4O2S/c1-28(2,3)14-18-12-21-23(15-29(8-5-9-29)36-26(21)34-16-18)33-17-24(35)22(31)13-19-6-4-7-20(25(19)30)27-32-10-11-37-27/h4,6-7,10-12,16,22-24,33,35H,5,8-9,13-15,17,31H2,1-3H3/t22-,23-,24+/m0/s1. The average molecular weight is 525 g/mol. The van der Waals surface area contributed by atoms with E-state index in [9.17, 15) is 5.11 Å². The van der Waals surface area contributed by atoms with E-state index >= 15 is 4.39 Å². The number of nitrogens with one attached hydrogen (secondary N) is 1. The van der Waals surface area contributed by atoms with E-state index in [1.807, 2.05) is 17.6 Å². The number of hydrogen-bond donors (Lipinski definition) is 3. The average Bonchev–Trinajstić information content (AvgIpc) is 3.36. The molecule has 1 saturated carbocycles. The van der Waals surface area contributed by atoms with E-state index in [0.717, 1.165) is 37.7 Å². The third kappa shape index (κ3) is 5.87. The molecule has 5 rings (SSSR count). The molecule has 0 amide bonds. The van der Waals surface area contributed by atoms with Crippen molar-refractivity contribution in [3.63, 3.8) is 0 Å². The molecular weight excluding hydrogens is 487 g/mol. The van der Waals surface area contributed by atoms with Crippen molar-refractivity contribution in [1.82, 2.24) is 15.3 Å². The largest absolute Gasteiger partial charge is 0.471 e. The summed E-state index contributed by atoms with van der Waals surface area (Å²) in [6.07, 6.45) is 7.95. The van der Waals surface area contributed by atoms with Gasteiger partial charge in [0.05, 0.1) is 6.10 Å². The van der Waals surface area contributed by atoms with E-state index in [2.05, 4.69) is 37.1 Å². The van der Waals surface area contributed by atoms with Crippen molar-refractivity contribution in [3.8, 4) is 16.5 Å². The maximum absolute atomic E-state index is 15.2. The highest BCUT2D eigenvalue weighted by molar-refractivity contribution is 7.13. The number of thiazole rings is 1. The first kappa shape index (κ1) is 26.2. The quantitative estimate of drug-likeness (QED) is 0.375. The number of halogens is 1. The Labute approximate surface area is 222 Å². The van der Waals surface area contributed by atoms with E-state index in [-0.39, 0.29) is 29.3 Å². The van der Waals surface area contributed by atoms with Gasteiger partial charge in [0.2, 0.25) is 5.88 Å². The molecule has 2 aromatic heterocycles. The second-order valence-electron chi connectivity index (χ2n) is 11.8. The van der Waals surface area contributed by atoms with Crippen molar-refractivity contribution in [2.45, 2.75) is 83.1 Å². The Morgan fingerprint density at radius 2 is 2.11 bits per heavy atom. The molecule has 4 N–H and O–H groups in total. The van der Waals surface area contributed by atoms with E-state index in [1.54, 1.807) is 18.3 Å². The molecule has 1 fully saturated rings. The zero-order valence-electron chi connectivity index (χ0n) is 21.8. The number of benzene rings is 1. The highest BCUT2D eigenvalue weighted by atomic mass is 32.1. The van der Waals surface area contributed by atoms with Gasteiger partial charge < -0.3 is 20.9 Å². The van der Waals surface area contributed by atoms with Gasteiger partial charge in [-0.3, -0.25) is 0 Å². The Bertz CT molecular complexity index is 1220. The summed E-state index contributed by atoms with van der Waals surface area (Å²) in [4.78, 5) is 8.92. The third-order valence-corrected chi connectivity index (χ3v) is 8.27. The van der Waals surface area contributed by atoms with Gasteiger partial charge in [0.15, 0.2) is 0 Å². The van der Waals surface area contributed by atoms with Gasteiger partial charge in [0.1, 0.15) is 16.4 Å². The number of ether oxygens (including phenoxy) is 1. The fraction of sp³-hybridized carbons (Fsp3) is 0.517. The molecule has 198 valence electrons. The van der Waals surface area contributed by atoms with E-state index < -0.39 is 12.1 Å². The van der Waals surface area contributed by atoms with Crippen LogP contribution in [0.1, 0.15) is 69.2 Å². The molecule has 2 aliphatic rings. The zero-order valence-corrected chi connectivity index (χ0v) is 22.7. The second kappa shape index (κ2) is 10.4. The Hall–Kier alpha value is -2.39. The van der Waals surface area contributed by atoms with Crippen molar-refractivity contribution in [2.24, 2.45) is 11.1 Å². The topological polar surface area (TPSA) is 93.3 Å². The van der Waals surface area contributed by atoms with Gasteiger partial charge in [0, 0.05) is 53.9 Å². The predicted molar refractivity (Wildman–Crippen MR) is 145 cm³/mol. The molecule has 3 aromatic rings. The molecule has 6 nitrogen and oxygen atoms in total. The molecule has 1 aliphatic heterocycles. The summed E-state index contributed by atoms with van der Waals surface area (Å²) >= 11 is 1.40. The number of aliphatic hydroxyl groups is 1. The Kier molecular flexibility index (Phi) is 7.38. The van der Waals surface area contributed by atoms with Crippen molar-refractivity contribution >= 4 is 11.3 Å². The minimum absolute atomic E-state index is 0.0169. The lowest BCUT2D eigenvalue weighted by Gasteiger charge is -2.47. The van der Waals surface area contributed by atoms with Crippen LogP contribution in [0.5, 0.6) is 5.88 Å². The Morgan fingerprint density at radius 1 is 1.30 bits per heavy atom. The summed E-state index contributed by atoms with van der Waals surface area (Å²) in [6.45, 7) is 6.96. The van der Waals surface area contributed by atoms with Crippen LogP contribution in [0.25, 0.3) is 10.6 Å². The van der Waals surface area contributed by atoms with Gasteiger partial charge in [-0.2, -0.15) is 0 Å². The number of nitrogens with zero attached hydrogens (tertiary/aromatic N) is 2. The van der Waals surface area contributed by atoms with Gasteiger partial charge in [-0.1, -0.05) is 32.9 Å². The smallest absolute Gasteiger partial charge is 0.218 e. The number of rotatable bonds is 8. The van der Waals surface area contributed by atoms with E-state index in [4.69, 9.17) is 15.5 Å². The third-order valence-electron chi connectivity index (χ3n) is 7.46. The number of nitrogens with two attached hydrogens (primary N) is 1. The van der Waals surface area contributed by atoms with Gasteiger partial charge in [0.25, 0.3) is 0 Å². The minimum Gasteiger partial charge on any atom is -0.471 e. The molecule has 8 heteroatoms. The van der Waals surface area contributed by atoms with Crippen LogP contribution in [0.3, 0.4) is 0 Å². The maximum Gasteiger partial charge on any atom is 0.218 e. The lowest BCUT2D eigenvalue weighted by atomic mass is 9.73. The normalized spacial score (nSPS) is 20.1. The van der Waals surface area contributed by atoms with Gasteiger partial charge in [-0.05, 0) is 60.8 Å². The molecule has 3 heterocycles. The molecule has 0 unspecified atom stereocenters. The second-order valence-corrected chi connectivity index (χ2v) is 12.7. The van der Waals surface area contributed by atoms with Gasteiger partial charge in [-0.25, -0.2) is 14.4 Å². The van der Waals surface area contributed by atoms with E-state index in [0.29, 0.717) is 28.6 Å². The molecular formula is C29H37FN4O2S. The molecule has 3 atom stereocenters. The number of aromatic nitrogens is 2. The van der Waals surface area contributed by atoms with Gasteiger partial charge in [-0.15, -0.1) is 11.3 Å². The molecule has 0 radical (unpaired) electrons. The molecule has 1 aliphatic carbocycles. The minimum atomic E-state index is -0.836. The van der Waals surface area contributed by atoms with Crippen molar-refractivity contribution in [1.29, 1.82) is 0 Å². The monoisotopic (exact) mass is 524 g/mol. The van der Waals surface area contributed by atoms with Crippen LogP contribution in [0.2, 0.25) is 0 Å². The molecule has 1 spiro atoms. The van der Waals surface area contributed by atoms with Crippen molar-refractivity contribution in [3.05, 3.63) is 64.5 Å². The number of hydrogen-bond acceptors (Lipinski definition) is 7. The van der Waals surface area contributed by atoms with E-state index in [1.165, 1.54) is 16.9 Å². The highest BCUT2D eigenvalue weighted by Gasteiger charge is 2.46. The molecule has 37 heavy (non-hydrogen) atoms. The Morgan fingerprint density at radius 3 is 2.78 bits per heavy atom. The van der Waals surface area contributed by atoms with Crippen LogP contribution in [0.15, 0.2) is 42.0 Å². The van der Waals surface area contributed by atoms with Crippen LogP contribution in [0.4, 0.5) is 4.39 Å². The molecule has 1 aromatic carbocycles. The van der Waals surface area contributed by atoms with Crippen LogP contribution in [0, 0.1) is 11.2 Å². The summed E-state index contributed by atoms with van der Waals surface area (Å²) in [5, 5.41) is 17.0. The van der Waals surface area contributed by atoms with Crippen molar-refractivity contribution < 1.29 is 14.2 Å². The number of aliphatic hydroxyl groups excluding tert-OH is 1. The van der Waals surface area contributed by atoms with Crippen LogP contribution in [-0.4, -0.2) is 39.4 Å². The summed E-state index contributed by atoms with van der Waals surface area (Å²) in [7, 11) is 0. The van der Waals surface area contributed by atoms with Gasteiger partial charge >= 0.3 is 0 Å². The summed E-state index contributed by atoms with van der Waals surface area (Å²) < 4.78 is 21.6. The SMILES string of the molecule is CC(C)(C)Cc1cnc2c(c1)[C@@H](NC[C@@H](O)[C@@H](N)Cc1cccc(-c3nccs3)c1F)CC1(CCC1)O2. The predicted octanol–water partition coefficient (Wildman–Crippen LogP) is 5.20. The Balaban J connectivity index is 1.28. The lowest BCUT2D eigenvalue weighted by molar-refractivity contribution is -0.0420. The summed E-state index contributed by atoms with van der Waals surface area (Å²) in [5.41, 5.74) is 9.53. The summed E-state index contributed by atoms with van der Waals surface area (Å²) in [5.74, 6) is 0.372. The first-order chi connectivity index (χ1) is 17.6. The first-order valence-electron chi connectivity index (χ1n) is 13.1. The van der Waals surface area contributed by atoms with Crippen LogP contribution in [-0.2, 0) is 12.8 Å². The van der Waals surface area contributed by atoms with Crippen LogP contribution < -0.4 is 15.8 Å². The fourth-order valence-corrected chi connectivity index (χ4v) is 6.07. The lowest BCUT2D eigenvalue weighted by Crippen LogP contribution is -2.51. The number of fused-ring (bicyclic) bond motifs is 1.